The van der Waals surface area contributed by atoms with Crippen molar-refractivity contribution in [2.75, 3.05) is 40.0 Å². The molecule has 5 rings (SSSR count). The smallest absolute Gasteiger partial charge is 0.407 e. The Morgan fingerprint density at radius 3 is 2.72 bits per heavy atom. The maximum Gasteiger partial charge on any atom is 0.407 e. The first-order valence-electron chi connectivity index (χ1n) is 15.0. The number of imidazole rings is 1. The number of aromatic nitrogens is 2. The second-order valence-electron chi connectivity index (χ2n) is 10.8. The molecule has 1 saturated heterocycles. The monoisotopic (exact) mass is 609 g/mol. The average molecular weight is 610 g/mol. The molecule has 2 aliphatic rings. The fourth-order valence-electron chi connectivity index (χ4n) is 6.04. The second-order valence-corrected chi connectivity index (χ2v) is 11.2. The van der Waals surface area contributed by atoms with Crippen molar-refractivity contribution in [2.45, 2.75) is 57.2 Å². The lowest BCUT2D eigenvalue weighted by Crippen LogP contribution is -2.54. The molecule has 0 unspecified atom stereocenters. The number of methoxy groups -OCH3 is 1. The molecule has 2 heterocycles. The molecular weight excluding hydrogens is 570 g/mol. The van der Waals surface area contributed by atoms with Crippen LogP contribution in [0.5, 0.6) is 11.5 Å². The van der Waals surface area contributed by atoms with E-state index in [1.807, 2.05) is 35.2 Å². The van der Waals surface area contributed by atoms with Crippen molar-refractivity contribution < 1.29 is 23.8 Å². The largest absolute Gasteiger partial charge is 0.497 e. The van der Waals surface area contributed by atoms with Crippen molar-refractivity contribution in [1.29, 1.82) is 0 Å². The molecule has 0 spiro atoms. The summed E-state index contributed by atoms with van der Waals surface area (Å²) < 4.78 is 18.5. The summed E-state index contributed by atoms with van der Waals surface area (Å²) in [5, 5.41) is 6.95. The Balaban J connectivity index is 1.38. The van der Waals surface area contributed by atoms with Gasteiger partial charge in [-0.3, -0.25) is 4.79 Å². The number of ether oxygens (including phenoxy) is 3. The van der Waals surface area contributed by atoms with E-state index < -0.39 is 6.09 Å². The Kier molecular flexibility index (Phi) is 10.4. The summed E-state index contributed by atoms with van der Waals surface area (Å²) in [5.74, 6) is 1.13. The van der Waals surface area contributed by atoms with E-state index in [9.17, 15) is 9.59 Å². The first-order chi connectivity index (χ1) is 21.0. The highest BCUT2D eigenvalue weighted by Crippen LogP contribution is 2.35. The van der Waals surface area contributed by atoms with Crippen LogP contribution in [0.1, 0.15) is 55.6 Å². The van der Waals surface area contributed by atoms with E-state index in [2.05, 4.69) is 15.2 Å². The maximum atomic E-state index is 14.3. The van der Waals surface area contributed by atoms with Gasteiger partial charge in [0.25, 0.3) is 5.91 Å². The number of piperazine rings is 1. The molecule has 10 nitrogen and oxygen atoms in total. The van der Waals surface area contributed by atoms with Gasteiger partial charge in [-0.2, -0.15) is 0 Å². The third kappa shape index (κ3) is 7.25. The van der Waals surface area contributed by atoms with Gasteiger partial charge in [-0.1, -0.05) is 54.8 Å². The molecular formula is C32H40ClN5O5. The lowest BCUT2D eigenvalue weighted by molar-refractivity contribution is 0.0601. The Hall–Kier alpha value is -3.76. The molecule has 2 N–H and O–H groups in total. The number of hydrogen-bond acceptors (Lipinski definition) is 7. The van der Waals surface area contributed by atoms with Gasteiger partial charge >= 0.3 is 6.09 Å². The van der Waals surface area contributed by atoms with E-state index in [4.69, 9.17) is 30.8 Å². The predicted octanol–water partition coefficient (Wildman–Crippen LogP) is 5.33. The molecule has 0 radical (unpaired) electrons. The first-order valence-corrected chi connectivity index (χ1v) is 15.4. The zero-order valence-corrected chi connectivity index (χ0v) is 25.5. The minimum atomic E-state index is -0.418. The van der Waals surface area contributed by atoms with E-state index in [1.54, 1.807) is 38.6 Å². The van der Waals surface area contributed by atoms with Crippen molar-refractivity contribution in [3.63, 3.8) is 0 Å². The average Bonchev–Trinajstić information content (AvgIpc) is 3.47. The van der Waals surface area contributed by atoms with Gasteiger partial charge in [0.15, 0.2) is 5.69 Å². The second kappa shape index (κ2) is 14.6. The summed E-state index contributed by atoms with van der Waals surface area (Å²) in [7, 11) is 1.59. The number of alkyl carbamates (subject to hydrolysis) is 1. The van der Waals surface area contributed by atoms with Crippen LogP contribution in [0.15, 0.2) is 54.9 Å². The van der Waals surface area contributed by atoms with Crippen LogP contribution in [-0.2, 0) is 4.74 Å². The minimum absolute atomic E-state index is 0.0520. The van der Waals surface area contributed by atoms with Crippen molar-refractivity contribution in [3.05, 3.63) is 65.6 Å². The highest BCUT2D eigenvalue weighted by Gasteiger charge is 2.35. The predicted molar refractivity (Wildman–Crippen MR) is 165 cm³/mol. The third-order valence-electron chi connectivity index (χ3n) is 8.17. The molecule has 0 bridgehead atoms. The van der Waals surface area contributed by atoms with Crippen molar-refractivity contribution in [2.24, 2.45) is 0 Å². The SMILES string of the molecule is CCOC(=O)N[C@H]1CCCC[C@@H]1n1cnc(C(=O)N2CCNC[C@H]2CCOc2ccc(OC)cc2Cl)c1-c1ccccc1. The molecule has 43 heavy (non-hydrogen) atoms. The number of carbonyl (C=O) groups is 2. The van der Waals surface area contributed by atoms with Crippen molar-refractivity contribution in [3.8, 4) is 22.8 Å². The van der Waals surface area contributed by atoms with Gasteiger partial charge in [-0.25, -0.2) is 9.78 Å². The topological polar surface area (TPSA) is 107 Å². The molecule has 230 valence electrons. The van der Waals surface area contributed by atoms with Crippen LogP contribution in [0.4, 0.5) is 4.79 Å². The van der Waals surface area contributed by atoms with E-state index in [0.29, 0.717) is 61.5 Å². The standard InChI is InChI=1S/C32H40ClN5O5/c1-3-42-32(40)36-26-11-7-8-12-27(26)38-21-35-29(30(38)22-9-5-4-6-10-22)31(39)37-17-16-34-20-23(37)15-18-43-28-14-13-24(41-2)19-25(28)33/h4-6,9-10,13-14,19,21,23,26-27,34H,3,7-8,11-12,15-18,20H2,1-2H3,(H,36,40)/t23-,26+,27+/m1/s1. The van der Waals surface area contributed by atoms with E-state index in [-0.39, 0.29) is 24.0 Å². The van der Waals surface area contributed by atoms with Crippen molar-refractivity contribution >= 4 is 23.6 Å². The number of carbonyl (C=O) groups excluding carboxylic acids is 2. The molecule has 11 heteroatoms. The summed E-state index contributed by atoms with van der Waals surface area (Å²) in [6, 6.07) is 14.9. The zero-order valence-electron chi connectivity index (χ0n) is 24.8. The molecule has 3 atom stereocenters. The summed E-state index contributed by atoms with van der Waals surface area (Å²) in [6.07, 6.45) is 5.70. The molecule has 2 amide bonds. The Labute approximate surface area is 257 Å². The summed E-state index contributed by atoms with van der Waals surface area (Å²) in [5.41, 5.74) is 2.09. The Morgan fingerprint density at radius 2 is 1.95 bits per heavy atom. The minimum Gasteiger partial charge on any atom is -0.497 e. The summed E-state index contributed by atoms with van der Waals surface area (Å²) in [4.78, 5) is 33.3. The highest BCUT2D eigenvalue weighted by molar-refractivity contribution is 6.32. The number of amides is 2. The fourth-order valence-corrected chi connectivity index (χ4v) is 6.27. The fraction of sp³-hybridized carbons (Fsp3) is 0.469. The molecule has 2 aromatic carbocycles. The summed E-state index contributed by atoms with van der Waals surface area (Å²) in [6.45, 7) is 4.41. The zero-order chi connectivity index (χ0) is 30.2. The first kappa shape index (κ1) is 30.7. The van der Waals surface area contributed by atoms with E-state index in [1.165, 1.54) is 0 Å². The van der Waals surface area contributed by atoms with Crippen LogP contribution in [0.2, 0.25) is 5.02 Å². The lowest BCUT2D eigenvalue weighted by atomic mass is 9.89. The molecule has 1 aromatic heterocycles. The Bertz CT molecular complexity index is 1380. The van der Waals surface area contributed by atoms with Crippen molar-refractivity contribution in [1.82, 2.24) is 25.1 Å². The molecule has 1 saturated carbocycles. The van der Waals surface area contributed by atoms with Gasteiger partial charge in [0, 0.05) is 43.7 Å². The quantitative estimate of drug-likeness (QED) is 0.320. The molecule has 1 aliphatic heterocycles. The number of nitrogens with zero attached hydrogens (tertiary/aromatic N) is 3. The van der Waals surface area contributed by atoms with Gasteiger partial charge in [-0.05, 0) is 31.9 Å². The number of nitrogens with one attached hydrogen (secondary N) is 2. The number of benzene rings is 2. The van der Waals surface area contributed by atoms with E-state index in [0.717, 1.165) is 36.9 Å². The number of rotatable bonds is 10. The van der Waals surface area contributed by atoms with Crippen LogP contribution in [0.3, 0.4) is 0 Å². The van der Waals surface area contributed by atoms with Crippen LogP contribution in [-0.4, -0.2) is 78.5 Å². The van der Waals surface area contributed by atoms with Crippen LogP contribution >= 0.6 is 11.6 Å². The normalized spacial score (nSPS) is 20.3. The van der Waals surface area contributed by atoms with Gasteiger partial charge in [0.05, 0.1) is 49.5 Å². The number of hydrogen-bond donors (Lipinski definition) is 2. The van der Waals surface area contributed by atoms with Gasteiger partial charge in [-0.15, -0.1) is 0 Å². The Morgan fingerprint density at radius 1 is 1.14 bits per heavy atom. The molecule has 2 fully saturated rings. The third-order valence-corrected chi connectivity index (χ3v) is 8.46. The number of halogens is 1. The lowest BCUT2D eigenvalue weighted by Gasteiger charge is -2.36. The van der Waals surface area contributed by atoms with Gasteiger partial charge in [0.1, 0.15) is 11.5 Å². The highest BCUT2D eigenvalue weighted by atomic mass is 35.5. The van der Waals surface area contributed by atoms with Gasteiger partial charge < -0.3 is 34.3 Å². The summed E-state index contributed by atoms with van der Waals surface area (Å²) >= 11 is 6.36. The van der Waals surface area contributed by atoms with Gasteiger partial charge in [0.2, 0.25) is 0 Å². The van der Waals surface area contributed by atoms with E-state index >= 15 is 0 Å². The molecule has 1 aliphatic carbocycles. The molecule has 3 aromatic rings. The van der Waals surface area contributed by atoms with Crippen LogP contribution in [0, 0.1) is 0 Å². The van der Waals surface area contributed by atoms with Crippen LogP contribution < -0.4 is 20.1 Å². The van der Waals surface area contributed by atoms with Crippen LogP contribution in [0.25, 0.3) is 11.3 Å². The maximum absolute atomic E-state index is 14.3.